The van der Waals surface area contributed by atoms with Crippen LogP contribution in [-0.2, 0) is 26.2 Å². The first-order valence-electron chi connectivity index (χ1n) is 13.1. The van der Waals surface area contributed by atoms with Gasteiger partial charge in [-0.2, -0.15) is 4.31 Å². The summed E-state index contributed by atoms with van der Waals surface area (Å²) in [5.41, 5.74) is 0.869. The number of benzene rings is 1. The van der Waals surface area contributed by atoms with E-state index in [4.69, 9.17) is 23.2 Å². The third kappa shape index (κ3) is 5.94. The molecule has 0 aromatic heterocycles. The number of likely N-dealkylation sites (N-methyl/N-ethyl adjacent to an activating group) is 1. The first-order chi connectivity index (χ1) is 17.6. The maximum atomic E-state index is 13.4. The van der Waals surface area contributed by atoms with E-state index < -0.39 is 10.0 Å². The molecule has 2 aliphatic carbocycles. The minimum absolute atomic E-state index is 0.0231. The molecule has 37 heavy (non-hydrogen) atoms. The second-order valence-corrected chi connectivity index (χ2v) is 13.8. The Hall–Kier alpha value is -1.43. The van der Waals surface area contributed by atoms with Crippen molar-refractivity contribution in [3.8, 4) is 0 Å². The molecule has 1 aromatic rings. The van der Waals surface area contributed by atoms with E-state index in [1.54, 1.807) is 33.3 Å². The highest BCUT2D eigenvalue weighted by atomic mass is 35.5. The molecule has 2 saturated carbocycles. The quantitative estimate of drug-likeness (QED) is 0.538. The molecule has 1 N–H and O–H groups in total. The van der Waals surface area contributed by atoms with Gasteiger partial charge in [-0.1, -0.05) is 29.3 Å². The minimum atomic E-state index is -3.13. The highest BCUT2D eigenvalue weighted by Crippen LogP contribution is 2.34. The number of halogens is 2. The average molecular weight is 573 g/mol. The zero-order valence-electron chi connectivity index (χ0n) is 21.1. The summed E-state index contributed by atoms with van der Waals surface area (Å²) in [5, 5.41) is 4.22. The molecule has 3 atom stereocenters. The number of carbonyl (C=O) groups excluding carboxylic acids is 2. The molecule has 2 saturated heterocycles. The number of amides is 2. The van der Waals surface area contributed by atoms with E-state index in [9.17, 15) is 18.0 Å². The lowest BCUT2D eigenvalue weighted by molar-refractivity contribution is -0.148. The predicted octanol–water partition coefficient (Wildman–Crippen LogP) is 1.99. The smallest absolute Gasteiger partial charge is 0.242 e. The zero-order valence-corrected chi connectivity index (χ0v) is 23.4. The van der Waals surface area contributed by atoms with Crippen molar-refractivity contribution < 1.29 is 18.0 Å². The lowest BCUT2D eigenvalue weighted by Crippen LogP contribution is -2.62. The fourth-order valence-corrected chi connectivity index (χ4v) is 8.00. The van der Waals surface area contributed by atoms with Gasteiger partial charge in [0.25, 0.3) is 0 Å². The number of hydrogen-bond donors (Lipinski definition) is 1. The lowest BCUT2D eigenvalue weighted by Gasteiger charge is -2.47. The van der Waals surface area contributed by atoms with E-state index in [2.05, 4.69) is 10.2 Å². The maximum absolute atomic E-state index is 13.4. The molecule has 0 radical (unpaired) electrons. The van der Waals surface area contributed by atoms with Crippen LogP contribution >= 0.6 is 23.2 Å². The van der Waals surface area contributed by atoms with Gasteiger partial charge in [-0.15, -0.1) is 0 Å². The van der Waals surface area contributed by atoms with Crippen LogP contribution in [0.2, 0.25) is 10.0 Å². The number of nitrogens with one attached hydrogen (secondary N) is 1. The monoisotopic (exact) mass is 571 g/mol. The zero-order chi connectivity index (χ0) is 26.3. The Morgan fingerprint density at radius 3 is 2.49 bits per heavy atom. The molecule has 5 rings (SSSR count). The summed E-state index contributed by atoms with van der Waals surface area (Å²) in [4.78, 5) is 31.9. The summed E-state index contributed by atoms with van der Waals surface area (Å²) in [5.74, 6) is -0.284. The van der Waals surface area contributed by atoms with Gasteiger partial charge in [0.2, 0.25) is 21.8 Å². The SMILES string of the molecule is CN(Cc1ccc(Cl)c(Cl)c1)C(=O)CN1CNC2CCC(N3CCN(S(=O)(=O)C4CC4)CC3)CC2C1=O. The molecule has 204 valence electrons. The molecule has 4 fully saturated rings. The Balaban J connectivity index is 1.14. The third-order valence-corrected chi connectivity index (χ3v) is 11.4. The Bertz CT molecular complexity index is 1140. The second kappa shape index (κ2) is 11.0. The molecule has 0 bridgehead atoms. The first-order valence-corrected chi connectivity index (χ1v) is 15.3. The summed E-state index contributed by atoms with van der Waals surface area (Å²) < 4.78 is 26.8. The van der Waals surface area contributed by atoms with Crippen molar-refractivity contribution in [2.24, 2.45) is 5.92 Å². The number of sulfonamides is 1. The average Bonchev–Trinajstić information content (AvgIpc) is 3.74. The van der Waals surface area contributed by atoms with Crippen LogP contribution < -0.4 is 5.32 Å². The van der Waals surface area contributed by atoms with E-state index in [1.807, 2.05) is 6.07 Å². The minimum Gasteiger partial charge on any atom is -0.340 e. The Labute approximate surface area is 229 Å². The largest absolute Gasteiger partial charge is 0.340 e. The van der Waals surface area contributed by atoms with Gasteiger partial charge in [0.1, 0.15) is 6.54 Å². The van der Waals surface area contributed by atoms with Crippen molar-refractivity contribution in [3.63, 3.8) is 0 Å². The number of fused-ring (bicyclic) bond motifs is 1. The van der Waals surface area contributed by atoms with E-state index >= 15 is 0 Å². The molecular formula is C25H35Cl2N5O4S. The lowest BCUT2D eigenvalue weighted by atomic mass is 9.79. The number of carbonyl (C=O) groups is 2. The van der Waals surface area contributed by atoms with Gasteiger partial charge in [0.15, 0.2) is 0 Å². The Morgan fingerprint density at radius 2 is 1.81 bits per heavy atom. The van der Waals surface area contributed by atoms with E-state index in [0.717, 1.165) is 37.7 Å². The van der Waals surface area contributed by atoms with Crippen LogP contribution in [0.15, 0.2) is 18.2 Å². The van der Waals surface area contributed by atoms with Gasteiger partial charge in [-0.25, -0.2) is 8.42 Å². The molecule has 9 nitrogen and oxygen atoms in total. The van der Waals surface area contributed by atoms with E-state index in [1.165, 1.54) is 0 Å². The highest BCUT2D eigenvalue weighted by molar-refractivity contribution is 7.90. The Morgan fingerprint density at radius 1 is 1.08 bits per heavy atom. The number of nitrogens with zero attached hydrogens (tertiary/aromatic N) is 4. The van der Waals surface area contributed by atoms with E-state index in [0.29, 0.717) is 49.4 Å². The van der Waals surface area contributed by atoms with Gasteiger partial charge in [0, 0.05) is 51.9 Å². The van der Waals surface area contributed by atoms with Crippen LogP contribution in [0.5, 0.6) is 0 Å². The van der Waals surface area contributed by atoms with Crippen LogP contribution in [0.25, 0.3) is 0 Å². The van der Waals surface area contributed by atoms with Gasteiger partial charge >= 0.3 is 0 Å². The molecule has 3 unspecified atom stereocenters. The molecule has 4 aliphatic rings. The molecule has 2 heterocycles. The summed E-state index contributed by atoms with van der Waals surface area (Å²) in [6.07, 6.45) is 4.19. The van der Waals surface area contributed by atoms with Crippen LogP contribution in [0, 0.1) is 5.92 Å². The summed E-state index contributed by atoms with van der Waals surface area (Å²) >= 11 is 12.1. The number of piperazine rings is 1. The van der Waals surface area contributed by atoms with Crippen molar-refractivity contribution in [3.05, 3.63) is 33.8 Å². The fraction of sp³-hybridized carbons (Fsp3) is 0.680. The van der Waals surface area contributed by atoms with Crippen molar-refractivity contribution in [2.45, 2.75) is 56.0 Å². The molecule has 12 heteroatoms. The standard InChI is InChI=1S/C25H35Cl2N5O4S/c1-29(14-17-2-6-21(26)22(27)12-17)24(33)15-31-16-28-23-7-3-18(13-20(23)25(31)34)30-8-10-32(11-9-30)37(35,36)19-4-5-19/h2,6,12,18-20,23,28H,3-5,7-11,13-16H2,1H3. The maximum Gasteiger partial charge on any atom is 0.242 e. The van der Waals surface area contributed by atoms with Crippen molar-refractivity contribution in [2.75, 3.05) is 46.4 Å². The topological polar surface area (TPSA) is 93.3 Å². The molecule has 0 spiro atoms. The number of rotatable bonds is 7. The molecular weight excluding hydrogens is 537 g/mol. The predicted molar refractivity (Wildman–Crippen MR) is 143 cm³/mol. The first kappa shape index (κ1) is 27.1. The van der Waals surface area contributed by atoms with Crippen LogP contribution in [0.4, 0.5) is 0 Å². The van der Waals surface area contributed by atoms with Gasteiger partial charge in [-0.3, -0.25) is 19.8 Å². The number of hydrogen-bond acceptors (Lipinski definition) is 6. The summed E-state index contributed by atoms with van der Waals surface area (Å²) in [6.45, 7) is 3.24. The van der Waals surface area contributed by atoms with Crippen LogP contribution in [-0.4, -0.2) is 103 Å². The van der Waals surface area contributed by atoms with Crippen LogP contribution in [0.1, 0.15) is 37.7 Å². The van der Waals surface area contributed by atoms with Gasteiger partial charge < -0.3 is 9.80 Å². The van der Waals surface area contributed by atoms with E-state index in [-0.39, 0.29) is 41.6 Å². The second-order valence-electron chi connectivity index (χ2n) is 10.8. The third-order valence-electron chi connectivity index (χ3n) is 8.25. The van der Waals surface area contributed by atoms with Gasteiger partial charge in [-0.05, 0) is 49.8 Å². The highest BCUT2D eigenvalue weighted by Gasteiger charge is 2.45. The van der Waals surface area contributed by atoms with Crippen molar-refractivity contribution in [1.29, 1.82) is 0 Å². The summed E-state index contributed by atoms with van der Waals surface area (Å²) in [7, 11) is -1.42. The molecule has 2 amide bonds. The summed E-state index contributed by atoms with van der Waals surface area (Å²) in [6, 6.07) is 5.67. The molecule has 2 aliphatic heterocycles. The van der Waals surface area contributed by atoms with Crippen molar-refractivity contribution in [1.82, 2.24) is 24.3 Å². The van der Waals surface area contributed by atoms with Crippen molar-refractivity contribution >= 4 is 45.0 Å². The van der Waals surface area contributed by atoms with Crippen LogP contribution in [0.3, 0.4) is 0 Å². The van der Waals surface area contributed by atoms with Gasteiger partial charge in [0.05, 0.1) is 27.9 Å². The fourth-order valence-electron chi connectivity index (χ4n) is 5.85. The Kier molecular flexibility index (Phi) is 8.06. The normalized spacial score (nSPS) is 27.7. The molecule has 1 aromatic carbocycles.